The van der Waals surface area contributed by atoms with Crippen LogP contribution in [0.1, 0.15) is 18.9 Å². The van der Waals surface area contributed by atoms with Crippen molar-refractivity contribution in [1.29, 1.82) is 0 Å². The number of nitrogen functional groups attached to an aromatic ring is 1. The summed E-state index contributed by atoms with van der Waals surface area (Å²) in [6.07, 6.45) is 1.81. The Labute approximate surface area is 136 Å². The Morgan fingerprint density at radius 2 is 2.09 bits per heavy atom. The van der Waals surface area contributed by atoms with Crippen LogP contribution in [0.15, 0.2) is 0 Å². The van der Waals surface area contributed by atoms with Gasteiger partial charge in [0.1, 0.15) is 11.6 Å². The minimum atomic E-state index is -0.276. The summed E-state index contributed by atoms with van der Waals surface area (Å²) in [7, 11) is 1.41. The molecular formula is C15H24N6O2. The van der Waals surface area contributed by atoms with Gasteiger partial charge in [0.05, 0.1) is 7.11 Å². The lowest BCUT2D eigenvalue weighted by Gasteiger charge is -2.37. The Hall–Kier alpha value is -2.25. The largest absolute Gasteiger partial charge is 0.453 e. The van der Waals surface area contributed by atoms with E-state index in [4.69, 9.17) is 10.5 Å². The van der Waals surface area contributed by atoms with E-state index in [0.717, 1.165) is 49.7 Å². The summed E-state index contributed by atoms with van der Waals surface area (Å²) < 4.78 is 4.78. The summed E-state index contributed by atoms with van der Waals surface area (Å²) in [5.41, 5.74) is 7.02. The third-order valence-electron chi connectivity index (χ3n) is 4.64. The van der Waals surface area contributed by atoms with Crippen LogP contribution in [0.2, 0.25) is 0 Å². The molecule has 0 saturated carbocycles. The first-order chi connectivity index (χ1) is 11.1. The lowest BCUT2D eigenvalue weighted by Crippen LogP contribution is -2.49. The standard InChI is InChI=1S/C15H24N6O2/c1-3-10-8-11-12(17-9-10)18-14(16)19-13(11)20-4-6-21(7-5-20)15(22)23-2/h10H,3-9H2,1-2H3,(H3,16,17,18,19). The molecule has 1 unspecified atom stereocenters. The number of anilines is 3. The summed E-state index contributed by atoms with van der Waals surface area (Å²) >= 11 is 0. The van der Waals surface area contributed by atoms with Crippen LogP contribution < -0.4 is 16.0 Å². The van der Waals surface area contributed by atoms with Gasteiger partial charge in [0.2, 0.25) is 5.95 Å². The van der Waals surface area contributed by atoms with Crippen molar-refractivity contribution < 1.29 is 9.53 Å². The fraction of sp³-hybridized carbons (Fsp3) is 0.667. The number of nitrogens with zero attached hydrogens (tertiary/aromatic N) is 4. The average molecular weight is 320 g/mol. The number of carbonyl (C=O) groups excluding carboxylic acids is 1. The number of rotatable bonds is 2. The highest BCUT2D eigenvalue weighted by atomic mass is 16.5. The van der Waals surface area contributed by atoms with E-state index >= 15 is 0 Å². The maximum Gasteiger partial charge on any atom is 0.409 e. The Bertz CT molecular complexity index is 586. The fourth-order valence-electron chi connectivity index (χ4n) is 3.21. The van der Waals surface area contributed by atoms with Crippen molar-refractivity contribution in [3.8, 4) is 0 Å². The van der Waals surface area contributed by atoms with E-state index in [1.54, 1.807) is 4.90 Å². The normalized spacial score (nSPS) is 20.7. The van der Waals surface area contributed by atoms with E-state index in [0.29, 0.717) is 19.0 Å². The zero-order chi connectivity index (χ0) is 16.4. The number of nitrogens with one attached hydrogen (secondary N) is 1. The van der Waals surface area contributed by atoms with Crippen molar-refractivity contribution in [1.82, 2.24) is 14.9 Å². The third kappa shape index (κ3) is 3.11. The Morgan fingerprint density at radius 1 is 1.35 bits per heavy atom. The van der Waals surface area contributed by atoms with Gasteiger partial charge in [0.15, 0.2) is 0 Å². The van der Waals surface area contributed by atoms with Crippen molar-refractivity contribution in [2.75, 3.05) is 55.8 Å². The summed E-state index contributed by atoms with van der Waals surface area (Å²) in [5, 5.41) is 3.38. The first kappa shape index (κ1) is 15.6. The van der Waals surface area contributed by atoms with Crippen LogP contribution >= 0.6 is 0 Å². The molecule has 8 heteroatoms. The number of ether oxygens (including phenoxy) is 1. The van der Waals surface area contributed by atoms with Gasteiger partial charge >= 0.3 is 6.09 Å². The number of aromatic nitrogens is 2. The zero-order valence-electron chi connectivity index (χ0n) is 13.7. The lowest BCUT2D eigenvalue weighted by atomic mass is 9.94. The molecule has 1 atom stereocenters. The van der Waals surface area contributed by atoms with Crippen LogP contribution in [0.3, 0.4) is 0 Å². The predicted octanol–water partition coefficient (Wildman–Crippen LogP) is 0.941. The Balaban J connectivity index is 1.81. The maximum absolute atomic E-state index is 11.6. The van der Waals surface area contributed by atoms with Crippen molar-refractivity contribution in [2.45, 2.75) is 19.8 Å². The van der Waals surface area contributed by atoms with Gasteiger partial charge in [-0.3, -0.25) is 0 Å². The molecule has 1 aromatic rings. The molecule has 2 aliphatic heterocycles. The quantitative estimate of drug-likeness (QED) is 0.837. The molecule has 8 nitrogen and oxygen atoms in total. The predicted molar refractivity (Wildman–Crippen MR) is 88.6 cm³/mol. The van der Waals surface area contributed by atoms with Gasteiger partial charge in [-0.15, -0.1) is 0 Å². The minimum Gasteiger partial charge on any atom is -0.453 e. The monoisotopic (exact) mass is 320 g/mol. The first-order valence-corrected chi connectivity index (χ1v) is 8.10. The summed E-state index contributed by atoms with van der Waals surface area (Å²) in [6, 6.07) is 0. The number of piperazine rings is 1. The van der Waals surface area contributed by atoms with E-state index in [2.05, 4.69) is 27.1 Å². The molecule has 1 saturated heterocycles. The highest BCUT2D eigenvalue weighted by Crippen LogP contribution is 2.32. The summed E-state index contributed by atoms with van der Waals surface area (Å²) in [4.78, 5) is 24.3. The van der Waals surface area contributed by atoms with Gasteiger partial charge in [-0.2, -0.15) is 9.97 Å². The number of fused-ring (bicyclic) bond motifs is 1. The second kappa shape index (κ2) is 6.47. The van der Waals surface area contributed by atoms with E-state index in [1.807, 2.05) is 0 Å². The highest BCUT2D eigenvalue weighted by molar-refractivity contribution is 5.68. The molecule has 1 aromatic heterocycles. The molecule has 1 amide bonds. The number of carbonyl (C=O) groups is 1. The highest BCUT2D eigenvalue weighted by Gasteiger charge is 2.28. The molecular weight excluding hydrogens is 296 g/mol. The summed E-state index contributed by atoms with van der Waals surface area (Å²) in [6.45, 7) is 5.80. The zero-order valence-corrected chi connectivity index (χ0v) is 13.7. The molecule has 1 fully saturated rings. The minimum absolute atomic E-state index is 0.276. The lowest BCUT2D eigenvalue weighted by molar-refractivity contribution is 0.121. The Kier molecular flexibility index (Phi) is 4.40. The fourth-order valence-corrected chi connectivity index (χ4v) is 3.21. The van der Waals surface area contributed by atoms with Crippen molar-refractivity contribution >= 4 is 23.7 Å². The van der Waals surface area contributed by atoms with Crippen LogP contribution in [0.5, 0.6) is 0 Å². The molecule has 3 N–H and O–H groups in total. The molecule has 126 valence electrons. The first-order valence-electron chi connectivity index (χ1n) is 8.10. The van der Waals surface area contributed by atoms with Gasteiger partial charge in [-0.25, -0.2) is 4.79 Å². The van der Waals surface area contributed by atoms with Crippen molar-refractivity contribution in [3.05, 3.63) is 5.56 Å². The maximum atomic E-state index is 11.6. The molecule has 3 rings (SSSR count). The van der Waals surface area contributed by atoms with Crippen molar-refractivity contribution in [3.63, 3.8) is 0 Å². The van der Waals surface area contributed by atoms with Crippen LogP contribution in [0.25, 0.3) is 0 Å². The van der Waals surface area contributed by atoms with Crippen molar-refractivity contribution in [2.24, 2.45) is 5.92 Å². The second-order valence-electron chi connectivity index (χ2n) is 6.04. The Morgan fingerprint density at radius 3 is 2.74 bits per heavy atom. The van der Waals surface area contributed by atoms with E-state index in [1.165, 1.54) is 7.11 Å². The van der Waals surface area contributed by atoms with Crippen LogP contribution in [0.4, 0.5) is 22.4 Å². The number of hydrogen-bond acceptors (Lipinski definition) is 7. The number of amides is 1. The van der Waals surface area contributed by atoms with Gasteiger partial charge in [0, 0.05) is 38.3 Å². The molecule has 0 aliphatic carbocycles. The van der Waals surface area contributed by atoms with Crippen LogP contribution in [-0.2, 0) is 11.2 Å². The molecule has 0 bridgehead atoms. The van der Waals surface area contributed by atoms with Gasteiger partial charge < -0.3 is 25.6 Å². The van der Waals surface area contributed by atoms with Gasteiger partial charge in [-0.1, -0.05) is 13.3 Å². The topological polar surface area (TPSA) is 96.6 Å². The smallest absolute Gasteiger partial charge is 0.409 e. The van der Waals surface area contributed by atoms with Crippen LogP contribution in [0, 0.1) is 5.92 Å². The molecule has 0 spiro atoms. The second-order valence-corrected chi connectivity index (χ2v) is 6.04. The SMILES string of the molecule is CCC1CNc2nc(N)nc(N3CCN(C(=O)OC)CC3)c2C1. The molecule has 0 radical (unpaired) electrons. The number of methoxy groups -OCH3 is 1. The van der Waals surface area contributed by atoms with E-state index in [9.17, 15) is 4.79 Å². The molecule has 3 heterocycles. The third-order valence-corrected chi connectivity index (χ3v) is 4.64. The van der Waals surface area contributed by atoms with Gasteiger partial charge in [0.25, 0.3) is 0 Å². The summed E-state index contributed by atoms with van der Waals surface area (Å²) in [5.74, 6) is 2.64. The molecule has 23 heavy (non-hydrogen) atoms. The number of hydrogen-bond donors (Lipinski definition) is 2. The van der Waals surface area contributed by atoms with Gasteiger partial charge in [-0.05, 0) is 12.3 Å². The molecule has 2 aliphatic rings. The van der Waals surface area contributed by atoms with Crippen LogP contribution in [-0.4, -0.2) is 60.8 Å². The van der Waals surface area contributed by atoms with E-state index < -0.39 is 0 Å². The molecule has 0 aromatic carbocycles. The van der Waals surface area contributed by atoms with E-state index in [-0.39, 0.29) is 12.0 Å². The number of nitrogens with two attached hydrogens (primary N) is 1. The average Bonchev–Trinajstić information content (AvgIpc) is 2.60.